The summed E-state index contributed by atoms with van der Waals surface area (Å²) >= 11 is 0. The van der Waals surface area contributed by atoms with Crippen molar-refractivity contribution in [1.29, 1.82) is 0 Å². The highest BCUT2D eigenvalue weighted by atomic mass is 19.1. The van der Waals surface area contributed by atoms with Crippen molar-refractivity contribution in [3.8, 4) is 0 Å². The van der Waals surface area contributed by atoms with Crippen molar-refractivity contribution in [2.75, 3.05) is 27.1 Å². The van der Waals surface area contributed by atoms with Gasteiger partial charge in [-0.2, -0.15) is 0 Å². The van der Waals surface area contributed by atoms with E-state index in [9.17, 15) is 23.6 Å². The highest BCUT2D eigenvalue weighted by molar-refractivity contribution is 6.05. The predicted octanol–water partition coefficient (Wildman–Crippen LogP) is 1.06. The molecule has 0 bridgehead atoms. The van der Waals surface area contributed by atoms with Gasteiger partial charge in [0.1, 0.15) is 18.5 Å². The van der Waals surface area contributed by atoms with Crippen molar-refractivity contribution in [1.82, 2.24) is 9.80 Å². The van der Waals surface area contributed by atoms with E-state index in [4.69, 9.17) is 14.2 Å². The van der Waals surface area contributed by atoms with Crippen LogP contribution >= 0.6 is 0 Å². The van der Waals surface area contributed by atoms with Crippen LogP contribution in [0.4, 0.5) is 9.18 Å². The first-order chi connectivity index (χ1) is 13.4. The molecule has 28 heavy (non-hydrogen) atoms. The lowest BCUT2D eigenvalue weighted by atomic mass is 10.0. The lowest BCUT2D eigenvalue weighted by molar-refractivity contribution is -0.157. The average molecular weight is 394 g/mol. The van der Waals surface area contributed by atoms with Crippen LogP contribution in [0, 0.1) is 5.82 Å². The average Bonchev–Trinajstić information content (AvgIpc) is 2.98. The second kappa shape index (κ2) is 8.34. The zero-order valence-corrected chi connectivity index (χ0v) is 15.2. The maximum atomic E-state index is 13.4. The molecule has 0 saturated carbocycles. The third-order valence-corrected chi connectivity index (χ3v) is 4.58. The topological polar surface area (TPSA) is 102 Å². The second-order valence-electron chi connectivity index (χ2n) is 6.31. The molecule has 3 amide bonds. The van der Waals surface area contributed by atoms with Crippen LogP contribution in [-0.4, -0.2) is 66.8 Å². The number of rotatable bonds is 6. The lowest BCUT2D eigenvalue weighted by Gasteiger charge is -2.34. The maximum absolute atomic E-state index is 13.4. The summed E-state index contributed by atoms with van der Waals surface area (Å²) in [5.74, 6) is -2.17. The molecule has 1 aromatic rings. The number of hydrogen-bond donors (Lipinski definition) is 0. The van der Waals surface area contributed by atoms with E-state index in [1.807, 2.05) is 0 Å². The standard InChI is InChI=1S/C18H19FN2O7/c1-26-6-7-27-18(25)28-10-21-15(22)5-4-14(17(21)24)20-9-11-2-3-12(19)8-13(11)16(20)23/h2-3,8,14H,4-7,9-10H2,1H3. The van der Waals surface area contributed by atoms with Crippen molar-refractivity contribution in [2.24, 2.45) is 0 Å². The largest absolute Gasteiger partial charge is 0.510 e. The van der Waals surface area contributed by atoms with Gasteiger partial charge >= 0.3 is 6.16 Å². The van der Waals surface area contributed by atoms with E-state index in [0.29, 0.717) is 5.56 Å². The summed E-state index contributed by atoms with van der Waals surface area (Å²) in [6.07, 6.45) is -0.887. The van der Waals surface area contributed by atoms with Gasteiger partial charge in [0.15, 0.2) is 6.73 Å². The van der Waals surface area contributed by atoms with Crippen LogP contribution in [0.3, 0.4) is 0 Å². The number of benzene rings is 1. The smallest absolute Gasteiger partial charge is 0.432 e. The fourth-order valence-corrected chi connectivity index (χ4v) is 3.16. The van der Waals surface area contributed by atoms with Crippen LogP contribution < -0.4 is 0 Å². The molecule has 0 spiro atoms. The van der Waals surface area contributed by atoms with Gasteiger partial charge in [0.25, 0.3) is 11.8 Å². The molecule has 3 rings (SSSR count). The summed E-state index contributed by atoms with van der Waals surface area (Å²) in [6.45, 7) is -0.315. The number of hydrogen-bond acceptors (Lipinski definition) is 7. The third-order valence-electron chi connectivity index (χ3n) is 4.58. The van der Waals surface area contributed by atoms with Gasteiger partial charge in [-0.1, -0.05) is 6.07 Å². The molecule has 1 fully saturated rings. The Kier molecular flexibility index (Phi) is 5.88. The molecule has 0 radical (unpaired) electrons. The van der Waals surface area contributed by atoms with Crippen LogP contribution in [0.25, 0.3) is 0 Å². The number of fused-ring (bicyclic) bond motifs is 1. The Hall–Kier alpha value is -3.01. The summed E-state index contributed by atoms with van der Waals surface area (Å²) in [5, 5.41) is 0. The Morgan fingerprint density at radius 3 is 2.75 bits per heavy atom. The molecule has 150 valence electrons. The second-order valence-corrected chi connectivity index (χ2v) is 6.31. The minimum absolute atomic E-state index is 0.00692. The molecule has 0 aliphatic carbocycles. The first-order valence-electron chi connectivity index (χ1n) is 8.64. The van der Waals surface area contributed by atoms with Gasteiger partial charge in [0, 0.05) is 25.6 Å². The Balaban J connectivity index is 1.64. The number of halogens is 1. The fourth-order valence-electron chi connectivity index (χ4n) is 3.16. The maximum Gasteiger partial charge on any atom is 0.510 e. The van der Waals surface area contributed by atoms with Gasteiger partial charge in [-0.3, -0.25) is 14.4 Å². The molecule has 1 saturated heterocycles. The fraction of sp³-hybridized carbons (Fsp3) is 0.444. The SMILES string of the molecule is COCCOC(=O)OCN1C(=O)CCC(N2Cc3ccc(F)cc3C2=O)C1=O. The Morgan fingerprint density at radius 1 is 1.21 bits per heavy atom. The molecule has 1 atom stereocenters. The number of likely N-dealkylation sites (tertiary alicyclic amines) is 1. The molecule has 9 nitrogen and oxygen atoms in total. The number of nitrogens with zero attached hydrogens (tertiary/aromatic N) is 2. The van der Waals surface area contributed by atoms with Gasteiger partial charge in [-0.15, -0.1) is 0 Å². The molecule has 0 aromatic heterocycles. The first kappa shape index (κ1) is 19.7. The zero-order chi connectivity index (χ0) is 20.3. The van der Waals surface area contributed by atoms with E-state index >= 15 is 0 Å². The molecule has 1 aromatic carbocycles. The molecular formula is C18H19FN2O7. The Labute approximate surface area is 159 Å². The summed E-state index contributed by atoms with van der Waals surface area (Å²) in [4.78, 5) is 51.0. The number of methoxy groups -OCH3 is 1. The Bertz CT molecular complexity index is 813. The van der Waals surface area contributed by atoms with E-state index in [2.05, 4.69) is 0 Å². The van der Waals surface area contributed by atoms with Crippen molar-refractivity contribution in [3.63, 3.8) is 0 Å². The van der Waals surface area contributed by atoms with Crippen LogP contribution in [0.1, 0.15) is 28.8 Å². The normalized spacial score (nSPS) is 19.1. The summed E-state index contributed by atoms with van der Waals surface area (Å²) in [5.41, 5.74) is 0.815. The quantitative estimate of drug-likeness (QED) is 0.404. The van der Waals surface area contributed by atoms with Gasteiger partial charge in [0.2, 0.25) is 5.91 Å². The van der Waals surface area contributed by atoms with Crippen molar-refractivity contribution in [3.05, 3.63) is 35.1 Å². The minimum Gasteiger partial charge on any atom is -0.432 e. The van der Waals surface area contributed by atoms with Crippen LogP contribution in [0.15, 0.2) is 18.2 Å². The summed E-state index contributed by atoms with van der Waals surface area (Å²) in [7, 11) is 1.44. The van der Waals surface area contributed by atoms with E-state index in [1.54, 1.807) is 0 Å². The van der Waals surface area contributed by atoms with E-state index < -0.39 is 42.5 Å². The van der Waals surface area contributed by atoms with E-state index in [1.165, 1.54) is 24.1 Å². The van der Waals surface area contributed by atoms with Crippen LogP contribution in [-0.2, 0) is 30.3 Å². The van der Waals surface area contributed by atoms with Gasteiger partial charge in [-0.05, 0) is 24.1 Å². The number of carbonyl (C=O) groups is 4. The number of piperidine rings is 1. The molecule has 10 heteroatoms. The summed E-state index contributed by atoms with van der Waals surface area (Å²) in [6, 6.07) is 2.98. The third kappa shape index (κ3) is 3.96. The number of amides is 3. The van der Waals surface area contributed by atoms with Gasteiger partial charge in [-0.25, -0.2) is 14.1 Å². The minimum atomic E-state index is -1.04. The predicted molar refractivity (Wildman–Crippen MR) is 90.3 cm³/mol. The van der Waals surface area contributed by atoms with Crippen molar-refractivity contribution < 1.29 is 37.8 Å². The molecular weight excluding hydrogens is 375 g/mol. The Morgan fingerprint density at radius 2 is 2.00 bits per heavy atom. The van der Waals surface area contributed by atoms with Gasteiger partial charge in [0.05, 0.1) is 6.61 Å². The van der Waals surface area contributed by atoms with Crippen molar-refractivity contribution >= 4 is 23.9 Å². The molecule has 2 aliphatic rings. The summed E-state index contributed by atoms with van der Waals surface area (Å²) < 4.78 is 27.7. The molecule has 1 unspecified atom stereocenters. The van der Waals surface area contributed by atoms with Crippen LogP contribution in [0.2, 0.25) is 0 Å². The number of imide groups is 1. The zero-order valence-electron chi connectivity index (χ0n) is 15.2. The highest BCUT2D eigenvalue weighted by Gasteiger charge is 2.43. The van der Waals surface area contributed by atoms with Crippen molar-refractivity contribution in [2.45, 2.75) is 25.4 Å². The highest BCUT2D eigenvalue weighted by Crippen LogP contribution is 2.29. The van der Waals surface area contributed by atoms with Crippen LogP contribution in [0.5, 0.6) is 0 Å². The molecule has 2 aliphatic heterocycles. The molecule has 2 heterocycles. The number of ether oxygens (including phenoxy) is 3. The number of carbonyl (C=O) groups excluding carboxylic acids is 4. The monoisotopic (exact) mass is 394 g/mol. The molecule has 0 N–H and O–H groups in total. The van der Waals surface area contributed by atoms with E-state index in [0.717, 1.165) is 11.0 Å². The van der Waals surface area contributed by atoms with Gasteiger partial charge < -0.3 is 19.1 Å². The first-order valence-corrected chi connectivity index (χ1v) is 8.64. The van der Waals surface area contributed by atoms with E-state index in [-0.39, 0.29) is 38.2 Å². The lowest BCUT2D eigenvalue weighted by Crippen LogP contribution is -2.55.